The van der Waals surface area contributed by atoms with Gasteiger partial charge in [-0.25, -0.2) is 4.79 Å². The van der Waals surface area contributed by atoms with Crippen LogP contribution in [0.4, 0.5) is 0 Å². The molecule has 2 aromatic rings. The van der Waals surface area contributed by atoms with Crippen molar-refractivity contribution in [3.8, 4) is 5.69 Å². The number of benzene rings is 1. The number of hydrogen-bond acceptors (Lipinski definition) is 2. The number of nitrogens with zero attached hydrogens (tertiary/aromatic N) is 2. The number of aryl methyl sites for hydroxylation is 3. The second-order valence-electron chi connectivity index (χ2n) is 4.49. The summed E-state index contributed by atoms with van der Waals surface area (Å²) in [6.07, 6.45) is 0. The summed E-state index contributed by atoms with van der Waals surface area (Å²) in [5.41, 5.74) is 2.46. The summed E-state index contributed by atoms with van der Waals surface area (Å²) < 4.78 is 2.64. The normalized spacial score (nSPS) is 10.1. The van der Waals surface area contributed by atoms with Crippen molar-refractivity contribution in [2.75, 3.05) is 0 Å². The van der Waals surface area contributed by atoms with Crippen molar-refractivity contribution in [3.05, 3.63) is 61.9 Å². The maximum absolute atomic E-state index is 12.2. The Morgan fingerprint density at radius 1 is 1.11 bits per heavy atom. The summed E-state index contributed by atoms with van der Waals surface area (Å²) in [6, 6.07) is 8.07. The molecule has 0 unspecified atom stereocenters. The molecule has 0 N–H and O–H groups in total. The van der Waals surface area contributed by atoms with E-state index in [0.29, 0.717) is 11.4 Å². The van der Waals surface area contributed by atoms with E-state index in [1.165, 1.54) is 15.2 Å². The van der Waals surface area contributed by atoms with E-state index < -0.39 is 0 Å². The van der Waals surface area contributed by atoms with E-state index in [2.05, 4.69) is 6.07 Å². The van der Waals surface area contributed by atoms with Gasteiger partial charge in [-0.3, -0.25) is 9.36 Å². The number of hydrogen-bond donors (Lipinski definition) is 0. The fraction of sp³-hybridized carbons (Fsp3) is 0.286. The van der Waals surface area contributed by atoms with E-state index in [9.17, 15) is 9.59 Å². The molecule has 5 heteroatoms. The van der Waals surface area contributed by atoms with Gasteiger partial charge in [0.1, 0.15) is 0 Å². The zero-order valence-corrected chi connectivity index (χ0v) is 14.4. The second-order valence-corrected chi connectivity index (χ2v) is 4.49. The molecular formula is C14H15N2O2Y-. The summed E-state index contributed by atoms with van der Waals surface area (Å²) in [5, 5.41) is 0. The first kappa shape index (κ1) is 16.1. The van der Waals surface area contributed by atoms with Crippen LogP contribution in [-0.2, 0) is 39.8 Å². The molecule has 0 aliphatic heterocycles. The molecule has 4 nitrogen and oxygen atoms in total. The van der Waals surface area contributed by atoms with Gasteiger partial charge in [-0.15, -0.1) is 5.56 Å². The summed E-state index contributed by atoms with van der Waals surface area (Å²) >= 11 is 0. The van der Waals surface area contributed by atoms with Gasteiger partial charge < -0.3 is 4.57 Å². The van der Waals surface area contributed by atoms with Crippen molar-refractivity contribution in [2.45, 2.75) is 20.8 Å². The van der Waals surface area contributed by atoms with Crippen LogP contribution in [0.25, 0.3) is 5.69 Å². The van der Waals surface area contributed by atoms with Crippen LogP contribution in [0.1, 0.15) is 16.8 Å². The summed E-state index contributed by atoms with van der Waals surface area (Å²) in [7, 11) is 1.65. The van der Waals surface area contributed by atoms with E-state index in [4.69, 9.17) is 0 Å². The van der Waals surface area contributed by atoms with Crippen molar-refractivity contribution >= 4 is 0 Å². The minimum Gasteiger partial charge on any atom is -0.301 e. The molecule has 1 heterocycles. The molecule has 19 heavy (non-hydrogen) atoms. The molecule has 97 valence electrons. The van der Waals surface area contributed by atoms with Crippen LogP contribution in [0, 0.1) is 26.8 Å². The fourth-order valence-corrected chi connectivity index (χ4v) is 1.93. The van der Waals surface area contributed by atoms with Gasteiger partial charge in [-0.05, 0) is 6.92 Å². The van der Waals surface area contributed by atoms with Gasteiger partial charge in [0.2, 0.25) is 5.56 Å². The smallest absolute Gasteiger partial charge is 0.301 e. The van der Waals surface area contributed by atoms with Gasteiger partial charge in [-0.2, -0.15) is 23.8 Å². The third kappa shape index (κ3) is 2.95. The van der Waals surface area contributed by atoms with E-state index in [-0.39, 0.29) is 44.0 Å². The molecule has 0 saturated carbocycles. The average Bonchev–Trinajstić information content (AvgIpc) is 2.29. The molecule has 0 aliphatic rings. The Bertz CT molecular complexity index is 729. The topological polar surface area (TPSA) is 44.0 Å². The maximum Gasteiger partial charge on any atom is 0.324 e. The SMILES string of the molecule is Cc1[c-]cc(-n2c(=O)cc(C)n(C)c2=O)c(C)c1.[Y]. The number of rotatable bonds is 1. The maximum atomic E-state index is 12.2. The van der Waals surface area contributed by atoms with Crippen molar-refractivity contribution in [2.24, 2.45) is 7.05 Å². The van der Waals surface area contributed by atoms with Crippen molar-refractivity contribution in [1.29, 1.82) is 0 Å². The molecule has 0 aliphatic carbocycles. The molecule has 0 bridgehead atoms. The van der Waals surface area contributed by atoms with Gasteiger partial charge in [0.05, 0.1) is 0 Å². The van der Waals surface area contributed by atoms with Crippen LogP contribution in [0.3, 0.4) is 0 Å². The van der Waals surface area contributed by atoms with E-state index in [1.54, 1.807) is 20.0 Å². The molecule has 1 aromatic carbocycles. The van der Waals surface area contributed by atoms with Gasteiger partial charge in [-0.1, -0.05) is 19.5 Å². The molecule has 0 fully saturated rings. The average molecular weight is 332 g/mol. The van der Waals surface area contributed by atoms with Crippen LogP contribution in [0.15, 0.2) is 27.8 Å². The minimum atomic E-state index is -0.333. The van der Waals surface area contributed by atoms with Crippen LogP contribution < -0.4 is 11.2 Å². The van der Waals surface area contributed by atoms with E-state index in [1.807, 2.05) is 19.9 Å². The second kappa shape index (κ2) is 5.97. The monoisotopic (exact) mass is 332 g/mol. The Kier molecular flexibility index (Phi) is 5.05. The van der Waals surface area contributed by atoms with Gasteiger partial charge in [0.15, 0.2) is 0 Å². The van der Waals surface area contributed by atoms with Crippen molar-refractivity contribution < 1.29 is 32.7 Å². The predicted molar refractivity (Wildman–Crippen MR) is 70.3 cm³/mol. The zero-order valence-electron chi connectivity index (χ0n) is 11.5. The molecule has 0 amide bonds. The minimum absolute atomic E-state index is 0. The van der Waals surface area contributed by atoms with E-state index >= 15 is 0 Å². The zero-order chi connectivity index (χ0) is 13.4. The molecule has 2 rings (SSSR count). The summed E-state index contributed by atoms with van der Waals surface area (Å²) in [4.78, 5) is 24.1. The number of aromatic nitrogens is 2. The van der Waals surface area contributed by atoms with E-state index in [0.717, 1.165) is 11.1 Å². The summed E-state index contributed by atoms with van der Waals surface area (Å²) in [6.45, 7) is 5.54. The third-order valence-corrected chi connectivity index (χ3v) is 3.07. The largest absolute Gasteiger partial charge is 0.324 e. The molecule has 1 aromatic heterocycles. The third-order valence-electron chi connectivity index (χ3n) is 3.07. The Balaban J connectivity index is 0.00000180. The molecule has 0 saturated heterocycles. The Morgan fingerprint density at radius 3 is 2.32 bits per heavy atom. The van der Waals surface area contributed by atoms with Crippen LogP contribution in [-0.4, -0.2) is 9.13 Å². The molecule has 1 radical (unpaired) electrons. The van der Waals surface area contributed by atoms with Crippen molar-refractivity contribution in [3.63, 3.8) is 0 Å². The predicted octanol–water partition coefficient (Wildman–Crippen LogP) is 1.26. The first-order valence-corrected chi connectivity index (χ1v) is 5.71. The molecular weight excluding hydrogens is 317 g/mol. The quantitative estimate of drug-likeness (QED) is 0.738. The standard InChI is InChI=1S/C14H15N2O2.Y/c1-9-5-6-12(10(2)7-9)16-13(17)8-11(3)15(4)14(16)18;/h6-8H,1-4H3;/q-1;. The molecule has 0 spiro atoms. The van der Waals surface area contributed by atoms with Crippen LogP contribution in [0.5, 0.6) is 0 Å². The first-order chi connectivity index (χ1) is 8.41. The molecule has 0 atom stereocenters. The van der Waals surface area contributed by atoms with Gasteiger partial charge in [0.25, 0.3) is 0 Å². The van der Waals surface area contributed by atoms with Gasteiger partial charge >= 0.3 is 5.69 Å². The fourth-order valence-electron chi connectivity index (χ4n) is 1.93. The summed E-state index contributed by atoms with van der Waals surface area (Å²) in [5.74, 6) is 0. The van der Waals surface area contributed by atoms with Crippen LogP contribution in [0.2, 0.25) is 0 Å². The van der Waals surface area contributed by atoms with Crippen LogP contribution >= 0.6 is 0 Å². The Hall–Kier alpha value is -0.996. The Morgan fingerprint density at radius 2 is 1.74 bits per heavy atom. The first-order valence-electron chi connectivity index (χ1n) is 5.71. The Labute approximate surface area is 137 Å². The van der Waals surface area contributed by atoms with Crippen molar-refractivity contribution in [1.82, 2.24) is 9.13 Å². The van der Waals surface area contributed by atoms with Gasteiger partial charge in [0, 0.05) is 51.5 Å².